The van der Waals surface area contributed by atoms with Crippen molar-refractivity contribution >= 4 is 24.0 Å². The van der Waals surface area contributed by atoms with Crippen LogP contribution in [0.4, 0.5) is 0 Å². The molecule has 0 bridgehead atoms. The van der Waals surface area contributed by atoms with Crippen molar-refractivity contribution in [2.75, 3.05) is 52.7 Å². The highest BCUT2D eigenvalue weighted by atomic mass is 16.5. The van der Waals surface area contributed by atoms with Gasteiger partial charge in [-0.15, -0.1) is 0 Å². The number of rotatable bonds is 16. The lowest BCUT2D eigenvalue weighted by Gasteiger charge is -2.09. The molecule has 0 fully saturated rings. The van der Waals surface area contributed by atoms with Gasteiger partial charge >= 0.3 is 0 Å². The molecule has 0 heterocycles. The molecular weight excluding hydrogens is 420 g/mol. The lowest BCUT2D eigenvalue weighted by Crippen LogP contribution is -2.28. The van der Waals surface area contributed by atoms with Crippen LogP contribution in [0.1, 0.15) is 31.8 Å². The van der Waals surface area contributed by atoms with Crippen molar-refractivity contribution in [3.8, 4) is 0 Å². The predicted molar refractivity (Wildman–Crippen MR) is 130 cm³/mol. The molecule has 2 aromatic carbocycles. The fraction of sp³-hybridized carbons (Fsp3) is 0.308. The van der Waals surface area contributed by atoms with Gasteiger partial charge in [0, 0.05) is 24.2 Å². The molecule has 2 amide bonds. The largest absolute Gasteiger partial charge is 0.377 e. The molecule has 0 unspecified atom stereocenters. The summed E-state index contributed by atoms with van der Waals surface area (Å²) in [6.07, 6.45) is 3.46. The van der Waals surface area contributed by atoms with Gasteiger partial charge < -0.3 is 24.8 Å². The molecule has 2 N–H and O–H groups in total. The molecule has 0 aliphatic heterocycles. The SMILES string of the molecule is C=Cc1ccc(C(=O)NCCOCCOCCOCCNC(=O)c2ccc(C=C)cc2)cc1. The van der Waals surface area contributed by atoms with Crippen LogP contribution < -0.4 is 10.6 Å². The zero-order valence-electron chi connectivity index (χ0n) is 18.9. The molecule has 176 valence electrons. The summed E-state index contributed by atoms with van der Waals surface area (Å²) >= 11 is 0. The first-order chi connectivity index (χ1) is 16.1. The number of benzene rings is 2. The van der Waals surface area contributed by atoms with E-state index in [1.54, 1.807) is 36.4 Å². The molecule has 0 saturated carbocycles. The second kappa shape index (κ2) is 15.5. The van der Waals surface area contributed by atoms with E-state index in [1.165, 1.54) is 0 Å². The fourth-order valence-corrected chi connectivity index (χ4v) is 2.76. The van der Waals surface area contributed by atoms with Gasteiger partial charge in [0.1, 0.15) is 0 Å². The molecule has 0 saturated heterocycles. The Kier molecular flexibility index (Phi) is 12.2. The normalized spacial score (nSPS) is 10.4. The first-order valence-corrected chi connectivity index (χ1v) is 10.9. The average molecular weight is 453 g/mol. The Morgan fingerprint density at radius 1 is 0.606 bits per heavy atom. The number of nitrogens with one attached hydrogen (secondary N) is 2. The smallest absolute Gasteiger partial charge is 0.251 e. The zero-order chi connectivity index (χ0) is 23.7. The van der Waals surface area contributed by atoms with E-state index in [1.807, 2.05) is 24.3 Å². The van der Waals surface area contributed by atoms with Crippen molar-refractivity contribution in [1.82, 2.24) is 10.6 Å². The van der Waals surface area contributed by atoms with E-state index in [2.05, 4.69) is 23.8 Å². The molecular formula is C26H32N2O5. The molecule has 2 aromatic rings. The number of carbonyl (C=O) groups excluding carboxylic acids is 2. The Hall–Kier alpha value is -3.26. The van der Waals surface area contributed by atoms with Crippen LogP contribution in [0, 0.1) is 0 Å². The monoisotopic (exact) mass is 452 g/mol. The maximum absolute atomic E-state index is 12.0. The van der Waals surface area contributed by atoms with Gasteiger partial charge in [-0.05, 0) is 35.4 Å². The van der Waals surface area contributed by atoms with E-state index in [4.69, 9.17) is 14.2 Å². The summed E-state index contributed by atoms with van der Waals surface area (Å²) in [5, 5.41) is 5.61. The maximum Gasteiger partial charge on any atom is 0.251 e. The van der Waals surface area contributed by atoms with Gasteiger partial charge in [0.25, 0.3) is 11.8 Å². The van der Waals surface area contributed by atoms with Crippen LogP contribution in [0.25, 0.3) is 12.2 Å². The topological polar surface area (TPSA) is 85.9 Å². The quantitative estimate of drug-likeness (QED) is 0.382. The van der Waals surface area contributed by atoms with Crippen LogP contribution in [-0.4, -0.2) is 64.5 Å². The van der Waals surface area contributed by atoms with E-state index < -0.39 is 0 Å². The van der Waals surface area contributed by atoms with E-state index in [-0.39, 0.29) is 11.8 Å². The second-order valence-corrected chi connectivity index (χ2v) is 7.00. The highest BCUT2D eigenvalue weighted by Gasteiger charge is 2.05. The van der Waals surface area contributed by atoms with Crippen LogP contribution >= 0.6 is 0 Å². The van der Waals surface area contributed by atoms with Gasteiger partial charge in [0.05, 0.1) is 39.6 Å². The van der Waals surface area contributed by atoms with Gasteiger partial charge in [0.2, 0.25) is 0 Å². The van der Waals surface area contributed by atoms with E-state index in [9.17, 15) is 9.59 Å². The Morgan fingerprint density at radius 2 is 0.939 bits per heavy atom. The average Bonchev–Trinajstić information content (AvgIpc) is 2.86. The second-order valence-electron chi connectivity index (χ2n) is 7.00. The molecule has 0 radical (unpaired) electrons. The minimum absolute atomic E-state index is 0.135. The van der Waals surface area contributed by atoms with Crippen molar-refractivity contribution in [3.05, 3.63) is 83.9 Å². The lowest BCUT2D eigenvalue weighted by atomic mass is 10.1. The summed E-state index contributed by atoms with van der Waals surface area (Å²) in [4.78, 5) is 24.0. The Bertz CT molecular complexity index is 805. The Labute approximate surface area is 195 Å². The van der Waals surface area contributed by atoms with Crippen molar-refractivity contribution < 1.29 is 23.8 Å². The lowest BCUT2D eigenvalue weighted by molar-refractivity contribution is 0.0157. The number of hydrogen-bond donors (Lipinski definition) is 2. The molecule has 0 atom stereocenters. The molecule has 0 aromatic heterocycles. The van der Waals surface area contributed by atoms with Gasteiger partial charge in [0.15, 0.2) is 0 Å². The molecule has 0 spiro atoms. The number of ether oxygens (including phenoxy) is 3. The van der Waals surface area contributed by atoms with E-state index in [0.29, 0.717) is 63.9 Å². The first kappa shape index (κ1) is 26.0. The van der Waals surface area contributed by atoms with E-state index in [0.717, 1.165) is 11.1 Å². The Morgan fingerprint density at radius 3 is 1.27 bits per heavy atom. The summed E-state index contributed by atoms with van der Waals surface area (Å²) in [5.41, 5.74) is 3.15. The predicted octanol–water partition coefficient (Wildman–Crippen LogP) is 3.18. The minimum Gasteiger partial charge on any atom is -0.377 e. The van der Waals surface area contributed by atoms with Crippen molar-refractivity contribution in [2.45, 2.75) is 0 Å². The summed E-state index contributed by atoms with van der Waals surface area (Å²) in [5.74, 6) is -0.270. The van der Waals surface area contributed by atoms with Crippen molar-refractivity contribution in [2.24, 2.45) is 0 Å². The highest BCUT2D eigenvalue weighted by molar-refractivity contribution is 5.94. The number of carbonyl (C=O) groups is 2. The van der Waals surface area contributed by atoms with Crippen LogP contribution in [0.3, 0.4) is 0 Å². The molecule has 7 nitrogen and oxygen atoms in total. The summed E-state index contributed by atoms with van der Waals surface area (Å²) in [6, 6.07) is 14.4. The van der Waals surface area contributed by atoms with E-state index >= 15 is 0 Å². The van der Waals surface area contributed by atoms with Crippen LogP contribution in [-0.2, 0) is 14.2 Å². The number of hydrogen-bond acceptors (Lipinski definition) is 5. The maximum atomic E-state index is 12.0. The molecule has 0 aliphatic rings. The highest BCUT2D eigenvalue weighted by Crippen LogP contribution is 2.06. The summed E-state index contributed by atoms with van der Waals surface area (Å²) in [6.45, 7) is 10.8. The molecule has 7 heteroatoms. The van der Waals surface area contributed by atoms with Gasteiger partial charge in [-0.25, -0.2) is 0 Å². The Balaban J connectivity index is 1.38. The standard InChI is InChI=1S/C26H32N2O5/c1-3-21-5-9-23(10-6-21)25(29)27-13-15-31-17-19-33-20-18-32-16-14-28-26(30)24-11-7-22(4-2)8-12-24/h3-12H,1-2,13-20H2,(H,27,29)(H,28,30). The zero-order valence-corrected chi connectivity index (χ0v) is 18.9. The van der Waals surface area contributed by atoms with Crippen LogP contribution in [0.15, 0.2) is 61.7 Å². The molecule has 33 heavy (non-hydrogen) atoms. The summed E-state index contributed by atoms with van der Waals surface area (Å²) < 4.78 is 16.3. The minimum atomic E-state index is -0.135. The van der Waals surface area contributed by atoms with Gasteiger partial charge in [-0.3, -0.25) is 9.59 Å². The number of amides is 2. The van der Waals surface area contributed by atoms with Crippen LogP contribution in [0.2, 0.25) is 0 Å². The fourth-order valence-electron chi connectivity index (χ4n) is 2.76. The third-order valence-corrected chi connectivity index (χ3v) is 4.63. The first-order valence-electron chi connectivity index (χ1n) is 10.9. The van der Waals surface area contributed by atoms with Gasteiger partial charge in [-0.2, -0.15) is 0 Å². The van der Waals surface area contributed by atoms with Crippen molar-refractivity contribution in [3.63, 3.8) is 0 Å². The third kappa shape index (κ3) is 10.3. The van der Waals surface area contributed by atoms with Crippen LogP contribution in [0.5, 0.6) is 0 Å². The molecule has 0 aliphatic carbocycles. The van der Waals surface area contributed by atoms with Crippen molar-refractivity contribution in [1.29, 1.82) is 0 Å². The summed E-state index contributed by atoms with van der Waals surface area (Å²) in [7, 11) is 0. The molecule has 2 rings (SSSR count). The third-order valence-electron chi connectivity index (χ3n) is 4.63. The van der Waals surface area contributed by atoms with Gasteiger partial charge in [-0.1, -0.05) is 49.6 Å².